The van der Waals surface area contributed by atoms with Crippen molar-refractivity contribution in [2.75, 3.05) is 0 Å². The summed E-state index contributed by atoms with van der Waals surface area (Å²) in [7, 11) is -4.04. The number of hydrogen-bond acceptors (Lipinski definition) is 5. The minimum absolute atomic E-state index is 0.0140. The molecule has 7 nitrogen and oxygen atoms in total. The highest BCUT2D eigenvalue weighted by molar-refractivity contribution is 7.90. The van der Waals surface area contributed by atoms with E-state index >= 15 is 0 Å². The van der Waals surface area contributed by atoms with Crippen LogP contribution < -0.4 is 9.46 Å². The zero-order valence-corrected chi connectivity index (χ0v) is 21.5. The SMILES string of the molecule is Cc1cccc(C)c1Cn1nc(-c2ccc(OC(C)C)cc2)cc1C(=O)NS(=O)(=O)c1ccccc1. The molecule has 0 aliphatic carbocycles. The van der Waals surface area contributed by atoms with Crippen LogP contribution in [0.25, 0.3) is 11.3 Å². The first kappa shape index (κ1) is 25.2. The summed E-state index contributed by atoms with van der Waals surface area (Å²) in [4.78, 5) is 13.3. The molecule has 0 unspecified atom stereocenters. The van der Waals surface area contributed by atoms with Crippen LogP contribution in [0.3, 0.4) is 0 Å². The average molecular weight is 504 g/mol. The van der Waals surface area contributed by atoms with E-state index in [0.29, 0.717) is 12.2 Å². The first-order valence-electron chi connectivity index (χ1n) is 11.7. The van der Waals surface area contributed by atoms with Crippen molar-refractivity contribution in [3.05, 3.63) is 101 Å². The van der Waals surface area contributed by atoms with Crippen molar-refractivity contribution in [1.82, 2.24) is 14.5 Å². The standard InChI is InChI=1S/C28H29N3O4S/c1-19(2)35-23-15-13-22(14-16-23)26-17-27(28(32)30-36(33,34)24-11-6-5-7-12-24)31(29-26)18-25-20(3)9-8-10-21(25)4/h5-17,19H,18H2,1-4H3,(H,30,32). The lowest BCUT2D eigenvalue weighted by Crippen LogP contribution is -2.32. The van der Waals surface area contributed by atoms with Crippen LogP contribution in [0, 0.1) is 13.8 Å². The first-order valence-corrected chi connectivity index (χ1v) is 13.1. The number of nitrogens with zero attached hydrogens (tertiary/aromatic N) is 2. The van der Waals surface area contributed by atoms with Crippen molar-refractivity contribution in [2.45, 2.75) is 45.2 Å². The second-order valence-electron chi connectivity index (χ2n) is 8.88. The lowest BCUT2D eigenvalue weighted by molar-refractivity contribution is 0.0971. The van der Waals surface area contributed by atoms with Crippen molar-refractivity contribution in [1.29, 1.82) is 0 Å². The molecule has 0 saturated carbocycles. The Morgan fingerprint density at radius 1 is 0.944 bits per heavy atom. The molecule has 0 bridgehead atoms. The Hall–Kier alpha value is -3.91. The number of rotatable bonds is 8. The van der Waals surface area contributed by atoms with E-state index in [1.807, 2.05) is 70.2 Å². The van der Waals surface area contributed by atoms with Crippen LogP contribution in [-0.2, 0) is 16.6 Å². The Labute approximate surface area is 211 Å². The van der Waals surface area contributed by atoms with Gasteiger partial charge < -0.3 is 4.74 Å². The number of amides is 1. The third-order valence-corrected chi connectivity index (χ3v) is 7.11. The molecule has 0 aliphatic rings. The first-order chi connectivity index (χ1) is 17.1. The van der Waals surface area contributed by atoms with E-state index in [1.165, 1.54) is 12.1 Å². The van der Waals surface area contributed by atoms with Gasteiger partial charge >= 0.3 is 0 Å². The molecule has 0 aliphatic heterocycles. The summed E-state index contributed by atoms with van der Waals surface area (Å²) in [6, 6.07) is 22.8. The summed E-state index contributed by atoms with van der Waals surface area (Å²) in [6.07, 6.45) is 0.0503. The van der Waals surface area contributed by atoms with Gasteiger partial charge in [-0.15, -0.1) is 0 Å². The lowest BCUT2D eigenvalue weighted by Gasteiger charge is -2.13. The fourth-order valence-electron chi connectivity index (χ4n) is 3.92. The minimum Gasteiger partial charge on any atom is -0.491 e. The van der Waals surface area contributed by atoms with Gasteiger partial charge in [0.2, 0.25) is 0 Å². The molecule has 8 heteroatoms. The predicted octanol–water partition coefficient (Wildman–Crippen LogP) is 5.12. The molecular weight excluding hydrogens is 474 g/mol. The molecule has 36 heavy (non-hydrogen) atoms. The van der Waals surface area contributed by atoms with E-state index in [-0.39, 0.29) is 16.7 Å². The molecule has 0 saturated heterocycles. The molecule has 0 radical (unpaired) electrons. The fourth-order valence-corrected chi connectivity index (χ4v) is 4.90. The van der Waals surface area contributed by atoms with Crippen molar-refractivity contribution in [3.63, 3.8) is 0 Å². The fraction of sp³-hybridized carbons (Fsp3) is 0.214. The summed E-state index contributed by atoms with van der Waals surface area (Å²) >= 11 is 0. The number of sulfonamides is 1. The summed E-state index contributed by atoms with van der Waals surface area (Å²) in [5.74, 6) is -0.0146. The van der Waals surface area contributed by atoms with Gasteiger partial charge in [-0.25, -0.2) is 13.1 Å². The average Bonchev–Trinajstić information content (AvgIpc) is 3.26. The van der Waals surface area contributed by atoms with Crippen molar-refractivity contribution < 1.29 is 17.9 Å². The van der Waals surface area contributed by atoms with E-state index in [0.717, 1.165) is 28.0 Å². The monoisotopic (exact) mass is 503 g/mol. The third kappa shape index (κ3) is 5.66. The zero-order chi connectivity index (χ0) is 25.9. The molecule has 4 rings (SSSR count). The topological polar surface area (TPSA) is 90.3 Å². The van der Waals surface area contributed by atoms with Crippen molar-refractivity contribution >= 4 is 15.9 Å². The number of aryl methyl sites for hydroxylation is 2. The predicted molar refractivity (Wildman–Crippen MR) is 140 cm³/mol. The Balaban J connectivity index is 1.72. The number of carbonyl (C=O) groups is 1. The van der Waals surface area contributed by atoms with E-state index < -0.39 is 15.9 Å². The van der Waals surface area contributed by atoms with Crippen LogP contribution in [0.15, 0.2) is 83.8 Å². The highest BCUT2D eigenvalue weighted by Gasteiger charge is 2.23. The van der Waals surface area contributed by atoms with E-state index in [2.05, 4.69) is 4.72 Å². The smallest absolute Gasteiger partial charge is 0.283 e. The number of aromatic nitrogens is 2. The normalized spacial score (nSPS) is 11.5. The van der Waals surface area contributed by atoms with Gasteiger partial charge in [0.1, 0.15) is 11.4 Å². The molecule has 1 aromatic heterocycles. The maximum absolute atomic E-state index is 13.3. The maximum Gasteiger partial charge on any atom is 0.283 e. The van der Waals surface area contributed by atoms with Crippen LogP contribution in [-0.4, -0.2) is 30.2 Å². The zero-order valence-electron chi connectivity index (χ0n) is 20.7. The van der Waals surface area contributed by atoms with Gasteiger partial charge in [-0.05, 0) is 86.8 Å². The maximum atomic E-state index is 13.3. The number of benzene rings is 3. The Morgan fingerprint density at radius 2 is 1.58 bits per heavy atom. The highest BCUT2D eigenvalue weighted by Crippen LogP contribution is 2.25. The molecule has 0 atom stereocenters. The van der Waals surface area contributed by atoms with Crippen molar-refractivity contribution in [3.8, 4) is 17.0 Å². The Bertz CT molecular complexity index is 1450. The molecule has 0 fully saturated rings. The second kappa shape index (κ2) is 10.4. The summed E-state index contributed by atoms with van der Waals surface area (Å²) < 4.78 is 35.1. The molecule has 186 valence electrons. The largest absolute Gasteiger partial charge is 0.491 e. The van der Waals surface area contributed by atoms with Crippen LogP contribution in [0.1, 0.15) is 41.0 Å². The summed E-state index contributed by atoms with van der Waals surface area (Å²) in [6.45, 7) is 8.23. The Kier molecular flexibility index (Phi) is 7.26. The van der Waals surface area contributed by atoms with Gasteiger partial charge in [0.15, 0.2) is 0 Å². The Morgan fingerprint density at radius 3 is 2.19 bits per heavy atom. The van der Waals surface area contributed by atoms with Gasteiger partial charge in [-0.3, -0.25) is 9.48 Å². The van der Waals surface area contributed by atoms with Gasteiger partial charge in [0.25, 0.3) is 15.9 Å². The van der Waals surface area contributed by atoms with Gasteiger partial charge in [0.05, 0.1) is 23.2 Å². The van der Waals surface area contributed by atoms with Gasteiger partial charge in [-0.2, -0.15) is 5.10 Å². The molecule has 1 heterocycles. The lowest BCUT2D eigenvalue weighted by atomic mass is 10.0. The highest BCUT2D eigenvalue weighted by atomic mass is 32.2. The quantitative estimate of drug-likeness (QED) is 0.360. The molecule has 4 aromatic rings. The van der Waals surface area contributed by atoms with Crippen LogP contribution in [0.5, 0.6) is 5.75 Å². The van der Waals surface area contributed by atoms with Gasteiger partial charge in [0, 0.05) is 5.56 Å². The van der Waals surface area contributed by atoms with Crippen LogP contribution in [0.2, 0.25) is 0 Å². The molecule has 3 aromatic carbocycles. The minimum atomic E-state index is -4.04. The number of carbonyl (C=O) groups excluding carboxylic acids is 1. The van der Waals surface area contributed by atoms with Crippen LogP contribution in [0.4, 0.5) is 0 Å². The molecule has 1 amide bonds. The number of nitrogens with one attached hydrogen (secondary N) is 1. The van der Waals surface area contributed by atoms with Gasteiger partial charge in [-0.1, -0.05) is 36.4 Å². The van der Waals surface area contributed by atoms with Crippen molar-refractivity contribution in [2.24, 2.45) is 0 Å². The summed E-state index contributed by atoms with van der Waals surface area (Å²) in [5.41, 5.74) is 4.63. The summed E-state index contributed by atoms with van der Waals surface area (Å²) in [5, 5.41) is 4.69. The number of ether oxygens (including phenoxy) is 1. The third-order valence-electron chi connectivity index (χ3n) is 5.77. The van der Waals surface area contributed by atoms with E-state index in [9.17, 15) is 13.2 Å². The number of hydrogen-bond donors (Lipinski definition) is 1. The molecule has 1 N–H and O–H groups in total. The second-order valence-corrected chi connectivity index (χ2v) is 10.6. The van der Waals surface area contributed by atoms with E-state index in [1.54, 1.807) is 28.9 Å². The van der Waals surface area contributed by atoms with E-state index in [4.69, 9.17) is 9.84 Å². The molecule has 0 spiro atoms. The van der Waals surface area contributed by atoms with Crippen LogP contribution >= 0.6 is 0 Å². The molecular formula is C28H29N3O4S.